The summed E-state index contributed by atoms with van der Waals surface area (Å²) in [4.78, 5) is 15.8. The highest BCUT2D eigenvalue weighted by atomic mass is 32.2. The fourth-order valence-electron chi connectivity index (χ4n) is 3.10. The van der Waals surface area contributed by atoms with Crippen LogP contribution < -0.4 is 9.46 Å². The van der Waals surface area contributed by atoms with E-state index in [1.807, 2.05) is 30.3 Å². The number of ether oxygens (including phenoxy) is 1. The zero-order chi connectivity index (χ0) is 23.4. The number of nitrogens with one attached hydrogen (secondary N) is 1. The standard InChI is InChI=1S/C24H20N2O6S/c1-16-22(25-23(32-16)17-7-3-2-4-8-17)15-31-18-11-13-19(14-12-18)33(29,30)26-21-10-6-5-9-20(21)24(27)28/h2-14,26H,15H2,1H3,(H,27,28). The van der Waals surface area contributed by atoms with Crippen molar-refractivity contribution in [3.05, 3.63) is 95.9 Å². The van der Waals surface area contributed by atoms with Crippen LogP contribution in [0.15, 0.2) is 88.2 Å². The van der Waals surface area contributed by atoms with E-state index < -0.39 is 16.0 Å². The molecule has 0 radical (unpaired) electrons. The van der Waals surface area contributed by atoms with Gasteiger partial charge in [0.2, 0.25) is 5.89 Å². The van der Waals surface area contributed by atoms with Crippen molar-refractivity contribution in [1.82, 2.24) is 4.98 Å². The highest BCUT2D eigenvalue weighted by Gasteiger charge is 2.18. The third kappa shape index (κ3) is 5.04. The largest absolute Gasteiger partial charge is 0.487 e. The summed E-state index contributed by atoms with van der Waals surface area (Å²) in [6.07, 6.45) is 0. The number of aryl methyl sites for hydroxylation is 1. The van der Waals surface area contributed by atoms with E-state index in [-0.39, 0.29) is 22.8 Å². The van der Waals surface area contributed by atoms with E-state index in [4.69, 9.17) is 9.15 Å². The van der Waals surface area contributed by atoms with Gasteiger partial charge in [0.05, 0.1) is 16.1 Å². The lowest BCUT2D eigenvalue weighted by Crippen LogP contribution is -2.15. The molecule has 0 aliphatic carbocycles. The van der Waals surface area contributed by atoms with Crippen LogP contribution in [0.5, 0.6) is 5.75 Å². The fourth-order valence-corrected chi connectivity index (χ4v) is 4.17. The molecule has 0 fully saturated rings. The molecular formula is C24H20N2O6S. The monoisotopic (exact) mass is 464 g/mol. The molecule has 0 bridgehead atoms. The molecular weight excluding hydrogens is 444 g/mol. The molecule has 8 nitrogen and oxygen atoms in total. The van der Waals surface area contributed by atoms with Crippen LogP contribution in [0.4, 0.5) is 5.69 Å². The first-order valence-corrected chi connectivity index (χ1v) is 11.4. The summed E-state index contributed by atoms with van der Waals surface area (Å²) < 4.78 is 39.1. The molecule has 0 atom stereocenters. The first kappa shape index (κ1) is 22.1. The van der Waals surface area contributed by atoms with Gasteiger partial charge >= 0.3 is 5.97 Å². The number of anilines is 1. The van der Waals surface area contributed by atoms with Gasteiger partial charge in [0.15, 0.2) is 0 Å². The predicted octanol–water partition coefficient (Wildman–Crippen LogP) is 4.73. The fraction of sp³-hybridized carbons (Fsp3) is 0.0833. The minimum absolute atomic E-state index is 0.0129. The number of aromatic carboxylic acids is 1. The molecule has 1 aromatic heterocycles. The minimum Gasteiger partial charge on any atom is -0.487 e. The van der Waals surface area contributed by atoms with Crippen LogP contribution in [0, 0.1) is 6.92 Å². The molecule has 2 N–H and O–H groups in total. The predicted molar refractivity (Wildman–Crippen MR) is 122 cm³/mol. The summed E-state index contributed by atoms with van der Waals surface area (Å²) >= 11 is 0. The smallest absolute Gasteiger partial charge is 0.337 e. The van der Waals surface area contributed by atoms with Crippen LogP contribution in [0.3, 0.4) is 0 Å². The van der Waals surface area contributed by atoms with Gasteiger partial charge in [-0.2, -0.15) is 0 Å². The van der Waals surface area contributed by atoms with E-state index in [2.05, 4.69) is 9.71 Å². The van der Waals surface area contributed by atoms with Gasteiger partial charge in [0, 0.05) is 5.56 Å². The van der Waals surface area contributed by atoms with Crippen molar-refractivity contribution < 1.29 is 27.5 Å². The maximum absolute atomic E-state index is 12.7. The number of hydrogen-bond acceptors (Lipinski definition) is 6. The lowest BCUT2D eigenvalue weighted by Gasteiger charge is -2.11. The van der Waals surface area contributed by atoms with Crippen LogP contribution in [-0.4, -0.2) is 24.5 Å². The average molecular weight is 464 g/mol. The van der Waals surface area contributed by atoms with Crippen molar-refractivity contribution >= 4 is 21.7 Å². The van der Waals surface area contributed by atoms with Crippen molar-refractivity contribution in [3.63, 3.8) is 0 Å². The zero-order valence-corrected chi connectivity index (χ0v) is 18.4. The topological polar surface area (TPSA) is 119 Å². The van der Waals surface area contributed by atoms with Gasteiger partial charge < -0.3 is 14.3 Å². The summed E-state index contributed by atoms with van der Waals surface area (Å²) in [5.74, 6) is 0.356. The maximum atomic E-state index is 12.7. The maximum Gasteiger partial charge on any atom is 0.337 e. The Hall–Kier alpha value is -4.11. The number of rotatable bonds is 8. The molecule has 0 unspecified atom stereocenters. The van der Waals surface area contributed by atoms with Crippen LogP contribution in [0.1, 0.15) is 21.8 Å². The molecule has 0 spiro atoms. The second-order valence-corrected chi connectivity index (χ2v) is 8.79. The molecule has 3 aromatic carbocycles. The number of para-hydroxylation sites is 1. The number of oxazole rings is 1. The van der Waals surface area contributed by atoms with Crippen LogP contribution in [-0.2, 0) is 16.6 Å². The van der Waals surface area contributed by atoms with Gasteiger partial charge in [-0.25, -0.2) is 18.2 Å². The lowest BCUT2D eigenvalue weighted by molar-refractivity contribution is 0.0698. The number of hydrogen-bond donors (Lipinski definition) is 2. The molecule has 4 aromatic rings. The van der Waals surface area contributed by atoms with Crippen molar-refractivity contribution in [2.45, 2.75) is 18.4 Å². The van der Waals surface area contributed by atoms with E-state index in [1.54, 1.807) is 13.0 Å². The number of carboxylic acids is 1. The van der Waals surface area contributed by atoms with Crippen molar-refractivity contribution in [2.75, 3.05) is 4.72 Å². The number of carboxylic acid groups (broad SMARTS) is 1. The quantitative estimate of drug-likeness (QED) is 0.387. The number of sulfonamides is 1. The molecule has 0 amide bonds. The number of nitrogens with zero attached hydrogens (tertiary/aromatic N) is 1. The molecule has 0 aliphatic heterocycles. The Labute approximate surface area is 190 Å². The number of aromatic nitrogens is 1. The normalized spacial score (nSPS) is 11.2. The van der Waals surface area contributed by atoms with E-state index in [9.17, 15) is 18.3 Å². The summed E-state index contributed by atoms with van der Waals surface area (Å²) in [5.41, 5.74) is 1.34. The first-order valence-electron chi connectivity index (χ1n) is 9.93. The van der Waals surface area contributed by atoms with Gasteiger partial charge in [-0.1, -0.05) is 30.3 Å². The number of benzene rings is 3. The molecule has 0 saturated carbocycles. The highest BCUT2D eigenvalue weighted by molar-refractivity contribution is 7.92. The van der Waals surface area contributed by atoms with Gasteiger partial charge in [-0.05, 0) is 55.5 Å². The van der Waals surface area contributed by atoms with E-state index in [0.29, 0.717) is 23.1 Å². The van der Waals surface area contributed by atoms with Crippen LogP contribution in [0.25, 0.3) is 11.5 Å². The average Bonchev–Trinajstić information content (AvgIpc) is 3.19. The van der Waals surface area contributed by atoms with Crippen molar-refractivity contribution in [3.8, 4) is 17.2 Å². The molecule has 4 rings (SSSR count). The van der Waals surface area contributed by atoms with Crippen LogP contribution >= 0.6 is 0 Å². The van der Waals surface area contributed by atoms with E-state index in [1.165, 1.54) is 42.5 Å². The molecule has 9 heteroatoms. The van der Waals surface area contributed by atoms with Gasteiger partial charge in [0.1, 0.15) is 23.8 Å². The van der Waals surface area contributed by atoms with E-state index in [0.717, 1.165) is 5.56 Å². The Morgan fingerprint density at radius 3 is 2.36 bits per heavy atom. The third-order valence-electron chi connectivity index (χ3n) is 4.82. The van der Waals surface area contributed by atoms with Gasteiger partial charge in [-0.3, -0.25) is 4.72 Å². The highest BCUT2D eigenvalue weighted by Crippen LogP contribution is 2.24. The molecule has 33 heavy (non-hydrogen) atoms. The second kappa shape index (κ2) is 9.17. The minimum atomic E-state index is -3.98. The van der Waals surface area contributed by atoms with Crippen molar-refractivity contribution in [2.24, 2.45) is 0 Å². The molecule has 0 saturated heterocycles. The Morgan fingerprint density at radius 2 is 1.67 bits per heavy atom. The van der Waals surface area contributed by atoms with Gasteiger partial charge in [0.25, 0.3) is 10.0 Å². The Morgan fingerprint density at radius 1 is 1.00 bits per heavy atom. The summed E-state index contributed by atoms with van der Waals surface area (Å²) in [5, 5.41) is 9.25. The lowest BCUT2D eigenvalue weighted by atomic mass is 10.2. The molecule has 0 aliphatic rings. The Kier molecular flexibility index (Phi) is 6.14. The van der Waals surface area contributed by atoms with Crippen molar-refractivity contribution in [1.29, 1.82) is 0 Å². The number of carbonyl (C=O) groups is 1. The summed E-state index contributed by atoms with van der Waals surface area (Å²) in [7, 11) is -3.98. The van der Waals surface area contributed by atoms with Gasteiger partial charge in [-0.15, -0.1) is 0 Å². The zero-order valence-electron chi connectivity index (χ0n) is 17.6. The summed E-state index contributed by atoms with van der Waals surface area (Å²) in [6, 6.07) is 21.1. The van der Waals surface area contributed by atoms with Crippen LogP contribution in [0.2, 0.25) is 0 Å². The SMILES string of the molecule is Cc1oc(-c2ccccc2)nc1COc1ccc(S(=O)(=O)Nc2ccccc2C(=O)O)cc1. The molecule has 168 valence electrons. The Bertz CT molecular complexity index is 1380. The first-order chi connectivity index (χ1) is 15.8. The summed E-state index contributed by atoms with van der Waals surface area (Å²) in [6.45, 7) is 1.95. The third-order valence-corrected chi connectivity index (χ3v) is 6.21. The van der Waals surface area contributed by atoms with E-state index >= 15 is 0 Å². The molecule has 1 heterocycles. The Balaban J connectivity index is 1.45. The second-order valence-electron chi connectivity index (χ2n) is 7.10.